The van der Waals surface area contributed by atoms with Crippen molar-refractivity contribution in [3.8, 4) is 5.75 Å². The van der Waals surface area contributed by atoms with Crippen molar-refractivity contribution in [3.63, 3.8) is 0 Å². The number of para-hydroxylation sites is 2. The molecule has 1 saturated heterocycles. The van der Waals surface area contributed by atoms with E-state index in [9.17, 15) is 4.79 Å². The number of carbonyl (C=O) groups excluding carboxylic acids is 1. The Kier molecular flexibility index (Phi) is 6.58. The molecule has 1 unspecified atom stereocenters. The van der Waals surface area contributed by atoms with Crippen LogP contribution in [0.25, 0.3) is 11.0 Å². The number of nitrogens with zero attached hydrogens (tertiary/aromatic N) is 4. The number of carbonyl (C=O) groups is 1. The van der Waals surface area contributed by atoms with Crippen LogP contribution in [0.15, 0.2) is 48.8 Å². The zero-order valence-electron chi connectivity index (χ0n) is 20.8. The number of aromatic nitrogens is 2. The summed E-state index contributed by atoms with van der Waals surface area (Å²) in [6.45, 7) is 9.84. The topological polar surface area (TPSA) is 82.6 Å². The molecule has 4 heterocycles. The summed E-state index contributed by atoms with van der Waals surface area (Å²) in [5.41, 5.74) is 3.28. The van der Waals surface area contributed by atoms with Gasteiger partial charge in [0.15, 0.2) is 5.65 Å². The fourth-order valence-corrected chi connectivity index (χ4v) is 5.46. The van der Waals surface area contributed by atoms with Gasteiger partial charge < -0.3 is 15.0 Å². The van der Waals surface area contributed by atoms with Gasteiger partial charge in [0.2, 0.25) is 5.91 Å². The van der Waals surface area contributed by atoms with Gasteiger partial charge >= 0.3 is 0 Å². The van der Waals surface area contributed by atoms with E-state index in [1.165, 1.54) is 0 Å². The van der Waals surface area contributed by atoms with Crippen LogP contribution < -0.4 is 20.3 Å². The normalized spacial score (nSPS) is 20.7. The van der Waals surface area contributed by atoms with Gasteiger partial charge in [0.05, 0.1) is 19.2 Å². The molecule has 2 aliphatic rings. The number of pyridine rings is 2. The summed E-state index contributed by atoms with van der Waals surface area (Å²) < 4.78 is 5.55. The number of nitrogens with one attached hydrogen (secondary N) is 2. The highest BCUT2D eigenvalue weighted by Gasteiger charge is 2.43. The lowest BCUT2D eigenvalue weighted by molar-refractivity contribution is -0.124. The summed E-state index contributed by atoms with van der Waals surface area (Å²) in [5.74, 6) is 1.08. The van der Waals surface area contributed by atoms with E-state index in [1.54, 1.807) is 13.3 Å². The van der Waals surface area contributed by atoms with Crippen molar-refractivity contribution >= 4 is 22.6 Å². The SMILES string of the molecule is COc1ccccc1N1CCN(CCNC2(C(C)C)NC(=O)Cc3cnc4ncccc4c32)CC1. The lowest BCUT2D eigenvalue weighted by atomic mass is 9.80. The second-order valence-corrected chi connectivity index (χ2v) is 9.65. The molecule has 184 valence electrons. The van der Waals surface area contributed by atoms with Crippen molar-refractivity contribution in [2.45, 2.75) is 25.9 Å². The lowest BCUT2D eigenvalue weighted by Gasteiger charge is -2.45. The summed E-state index contributed by atoms with van der Waals surface area (Å²) in [4.78, 5) is 26.6. The van der Waals surface area contributed by atoms with Crippen LogP contribution in [0.5, 0.6) is 5.75 Å². The number of fused-ring (bicyclic) bond motifs is 3. The van der Waals surface area contributed by atoms with Gasteiger partial charge in [0, 0.05) is 62.6 Å². The van der Waals surface area contributed by atoms with E-state index in [2.05, 4.69) is 62.4 Å². The van der Waals surface area contributed by atoms with Crippen LogP contribution >= 0.6 is 0 Å². The van der Waals surface area contributed by atoms with Crippen LogP contribution in [0.1, 0.15) is 25.0 Å². The molecule has 8 nitrogen and oxygen atoms in total. The molecule has 0 spiro atoms. The third-order valence-electron chi connectivity index (χ3n) is 7.30. The first-order chi connectivity index (χ1) is 17.0. The Labute approximate surface area is 206 Å². The van der Waals surface area contributed by atoms with Crippen molar-refractivity contribution in [2.24, 2.45) is 5.92 Å². The molecule has 2 aromatic heterocycles. The molecule has 0 aliphatic carbocycles. The first-order valence-corrected chi connectivity index (χ1v) is 12.4. The van der Waals surface area contributed by atoms with Crippen molar-refractivity contribution < 1.29 is 9.53 Å². The van der Waals surface area contributed by atoms with E-state index in [1.807, 2.05) is 24.4 Å². The van der Waals surface area contributed by atoms with Crippen LogP contribution in [0.3, 0.4) is 0 Å². The van der Waals surface area contributed by atoms with E-state index in [0.717, 1.165) is 67.2 Å². The van der Waals surface area contributed by atoms with Gasteiger partial charge in [-0.1, -0.05) is 26.0 Å². The molecule has 3 aromatic rings. The number of amides is 1. The van der Waals surface area contributed by atoms with Gasteiger partial charge in [-0.25, -0.2) is 9.97 Å². The van der Waals surface area contributed by atoms with Crippen LogP contribution in [0.4, 0.5) is 5.69 Å². The molecular weight excluding hydrogens is 440 g/mol. The minimum absolute atomic E-state index is 0.0224. The molecule has 0 bridgehead atoms. The third kappa shape index (κ3) is 4.44. The monoisotopic (exact) mass is 474 g/mol. The van der Waals surface area contributed by atoms with Crippen LogP contribution in [0.2, 0.25) is 0 Å². The Balaban J connectivity index is 1.30. The molecule has 5 rings (SSSR count). The Morgan fingerprint density at radius 3 is 2.69 bits per heavy atom. The zero-order valence-corrected chi connectivity index (χ0v) is 20.8. The Morgan fingerprint density at radius 1 is 1.11 bits per heavy atom. The number of ether oxygens (including phenoxy) is 1. The molecule has 35 heavy (non-hydrogen) atoms. The number of rotatable bonds is 7. The number of hydrogen-bond acceptors (Lipinski definition) is 7. The summed E-state index contributed by atoms with van der Waals surface area (Å²) >= 11 is 0. The van der Waals surface area contributed by atoms with E-state index in [0.29, 0.717) is 12.1 Å². The molecule has 2 aliphatic heterocycles. The summed E-state index contributed by atoms with van der Waals surface area (Å²) in [6.07, 6.45) is 3.92. The van der Waals surface area contributed by atoms with Gasteiger partial charge in [-0.05, 0) is 35.7 Å². The predicted octanol–water partition coefficient (Wildman–Crippen LogP) is 2.53. The summed E-state index contributed by atoms with van der Waals surface area (Å²) in [5, 5.41) is 8.07. The van der Waals surface area contributed by atoms with E-state index >= 15 is 0 Å². The summed E-state index contributed by atoms with van der Waals surface area (Å²) in [7, 11) is 1.73. The maximum Gasteiger partial charge on any atom is 0.226 e. The standard InChI is InChI=1S/C27H34N6O2/c1-19(2)27(25-20(17-24(34)31-27)18-29-26-21(25)7-6-10-28-26)30-11-12-32-13-15-33(16-14-32)22-8-4-5-9-23(22)35-3/h4-10,18-19,30H,11-17H2,1-3H3,(H,31,34). The van der Waals surface area contributed by atoms with Crippen molar-refractivity contribution in [1.29, 1.82) is 0 Å². The average Bonchev–Trinajstić information content (AvgIpc) is 2.88. The first kappa shape index (κ1) is 23.5. The fraction of sp³-hybridized carbons (Fsp3) is 0.444. The fourth-order valence-electron chi connectivity index (χ4n) is 5.46. The van der Waals surface area contributed by atoms with Gasteiger partial charge in [-0.2, -0.15) is 0 Å². The highest BCUT2D eigenvalue weighted by Crippen LogP contribution is 2.37. The zero-order chi connectivity index (χ0) is 24.4. The average molecular weight is 475 g/mol. The molecule has 8 heteroatoms. The maximum absolute atomic E-state index is 12.7. The highest BCUT2D eigenvalue weighted by atomic mass is 16.5. The Bertz CT molecular complexity index is 1210. The second kappa shape index (κ2) is 9.79. The highest BCUT2D eigenvalue weighted by molar-refractivity contribution is 5.89. The molecular formula is C27H34N6O2. The third-order valence-corrected chi connectivity index (χ3v) is 7.30. The van der Waals surface area contributed by atoms with Crippen LogP contribution in [-0.2, 0) is 16.9 Å². The van der Waals surface area contributed by atoms with Gasteiger partial charge in [0.25, 0.3) is 0 Å². The molecule has 1 fully saturated rings. The number of hydrogen-bond donors (Lipinski definition) is 2. The number of piperazine rings is 1. The molecule has 0 saturated carbocycles. The molecule has 2 N–H and O–H groups in total. The number of benzene rings is 1. The Morgan fingerprint density at radius 2 is 1.91 bits per heavy atom. The number of anilines is 1. The molecule has 1 atom stereocenters. The van der Waals surface area contributed by atoms with Crippen molar-refractivity contribution in [3.05, 3.63) is 59.9 Å². The van der Waals surface area contributed by atoms with Crippen molar-refractivity contribution in [1.82, 2.24) is 25.5 Å². The minimum Gasteiger partial charge on any atom is -0.495 e. The van der Waals surface area contributed by atoms with Gasteiger partial charge in [0.1, 0.15) is 11.4 Å². The largest absolute Gasteiger partial charge is 0.495 e. The lowest BCUT2D eigenvalue weighted by Crippen LogP contribution is -2.63. The van der Waals surface area contributed by atoms with E-state index in [-0.39, 0.29) is 11.8 Å². The molecule has 1 amide bonds. The predicted molar refractivity (Wildman–Crippen MR) is 138 cm³/mol. The number of methoxy groups -OCH3 is 1. The van der Waals surface area contributed by atoms with Crippen LogP contribution in [-0.4, -0.2) is 67.2 Å². The second-order valence-electron chi connectivity index (χ2n) is 9.65. The van der Waals surface area contributed by atoms with E-state index in [4.69, 9.17) is 4.74 Å². The van der Waals surface area contributed by atoms with Crippen LogP contribution in [0, 0.1) is 5.92 Å². The quantitative estimate of drug-likeness (QED) is 0.545. The molecule has 0 radical (unpaired) electrons. The first-order valence-electron chi connectivity index (χ1n) is 12.4. The van der Waals surface area contributed by atoms with E-state index < -0.39 is 5.66 Å². The minimum atomic E-state index is -0.659. The van der Waals surface area contributed by atoms with Gasteiger partial charge in [-0.15, -0.1) is 0 Å². The molecule has 1 aromatic carbocycles. The maximum atomic E-state index is 12.7. The summed E-state index contributed by atoms with van der Waals surface area (Å²) in [6, 6.07) is 12.2. The smallest absolute Gasteiger partial charge is 0.226 e. The van der Waals surface area contributed by atoms with Gasteiger partial charge in [-0.3, -0.25) is 15.0 Å². The van der Waals surface area contributed by atoms with Crippen molar-refractivity contribution in [2.75, 3.05) is 51.3 Å². The Hall–Kier alpha value is -3.23.